The molecule has 5 heteroatoms. The van der Waals surface area contributed by atoms with Crippen LogP contribution in [-0.4, -0.2) is 62.6 Å². The molecule has 110 valence electrons. The third kappa shape index (κ3) is 4.21. The van der Waals surface area contributed by atoms with E-state index in [1.165, 1.54) is 5.56 Å². The first-order chi connectivity index (χ1) is 9.69. The van der Waals surface area contributed by atoms with Gasteiger partial charge in [0.05, 0.1) is 13.7 Å². The van der Waals surface area contributed by atoms with Crippen molar-refractivity contribution in [2.75, 3.05) is 46.9 Å². The van der Waals surface area contributed by atoms with Gasteiger partial charge in [0, 0.05) is 32.7 Å². The Morgan fingerprint density at radius 1 is 1.30 bits per heavy atom. The van der Waals surface area contributed by atoms with Crippen molar-refractivity contribution >= 4 is 5.91 Å². The summed E-state index contributed by atoms with van der Waals surface area (Å²) in [5.74, 6) is 1.07. The van der Waals surface area contributed by atoms with Crippen molar-refractivity contribution in [3.8, 4) is 5.75 Å². The Kier molecular flexibility index (Phi) is 5.38. The van der Waals surface area contributed by atoms with Crippen molar-refractivity contribution in [1.82, 2.24) is 15.1 Å². The van der Waals surface area contributed by atoms with E-state index in [9.17, 15) is 4.79 Å². The standard InChI is InChI=1S/C15H23N3O2/c1-17(11-13-3-5-14(20-2)6-4-13)12-15(19)18-9-7-16-8-10-18/h3-6,16H,7-12H2,1-2H3. The van der Waals surface area contributed by atoms with Gasteiger partial charge in [-0.2, -0.15) is 0 Å². The number of hydrogen-bond donors (Lipinski definition) is 1. The maximum absolute atomic E-state index is 12.1. The highest BCUT2D eigenvalue weighted by Crippen LogP contribution is 2.12. The van der Waals surface area contributed by atoms with Crippen molar-refractivity contribution in [2.45, 2.75) is 6.54 Å². The molecule has 0 aliphatic carbocycles. The fraction of sp³-hybridized carbons (Fsp3) is 0.533. The zero-order chi connectivity index (χ0) is 14.4. The smallest absolute Gasteiger partial charge is 0.236 e. The zero-order valence-corrected chi connectivity index (χ0v) is 12.3. The largest absolute Gasteiger partial charge is 0.497 e. The van der Waals surface area contributed by atoms with Crippen LogP contribution in [0.2, 0.25) is 0 Å². The molecule has 1 aromatic rings. The van der Waals surface area contributed by atoms with E-state index >= 15 is 0 Å². The van der Waals surface area contributed by atoms with E-state index in [1.807, 2.05) is 41.1 Å². The van der Waals surface area contributed by atoms with Crippen LogP contribution in [0.25, 0.3) is 0 Å². The van der Waals surface area contributed by atoms with Crippen LogP contribution in [0.15, 0.2) is 24.3 Å². The number of benzene rings is 1. The summed E-state index contributed by atoms with van der Waals surface area (Å²) in [6, 6.07) is 7.96. The monoisotopic (exact) mass is 277 g/mol. The number of nitrogens with zero attached hydrogens (tertiary/aromatic N) is 2. The van der Waals surface area contributed by atoms with E-state index in [1.54, 1.807) is 7.11 Å². The predicted molar refractivity (Wildman–Crippen MR) is 78.8 cm³/mol. The molecule has 1 amide bonds. The Morgan fingerprint density at radius 3 is 2.55 bits per heavy atom. The normalized spacial score (nSPS) is 15.4. The Balaban J connectivity index is 1.81. The lowest BCUT2D eigenvalue weighted by Gasteiger charge is -2.29. The lowest BCUT2D eigenvalue weighted by atomic mass is 10.2. The maximum Gasteiger partial charge on any atom is 0.236 e. The molecule has 0 bridgehead atoms. The van der Waals surface area contributed by atoms with Gasteiger partial charge in [0.2, 0.25) is 5.91 Å². The van der Waals surface area contributed by atoms with Crippen molar-refractivity contribution in [1.29, 1.82) is 0 Å². The molecule has 0 radical (unpaired) electrons. The minimum atomic E-state index is 0.211. The third-order valence-electron chi connectivity index (χ3n) is 3.49. The molecule has 0 atom stereocenters. The Bertz CT molecular complexity index is 427. The summed E-state index contributed by atoms with van der Waals surface area (Å²) in [6.07, 6.45) is 0. The van der Waals surface area contributed by atoms with E-state index < -0.39 is 0 Å². The van der Waals surface area contributed by atoms with Crippen molar-refractivity contribution < 1.29 is 9.53 Å². The maximum atomic E-state index is 12.1. The molecule has 5 nitrogen and oxygen atoms in total. The lowest BCUT2D eigenvalue weighted by Crippen LogP contribution is -2.49. The van der Waals surface area contributed by atoms with E-state index in [-0.39, 0.29) is 5.91 Å². The second-order valence-corrected chi connectivity index (χ2v) is 5.15. The molecule has 1 aliphatic heterocycles. The highest BCUT2D eigenvalue weighted by atomic mass is 16.5. The molecule has 1 heterocycles. The van der Waals surface area contributed by atoms with Gasteiger partial charge in [0.1, 0.15) is 5.75 Å². The number of ether oxygens (including phenoxy) is 1. The molecule has 2 rings (SSSR count). The van der Waals surface area contributed by atoms with Crippen molar-refractivity contribution in [2.24, 2.45) is 0 Å². The quantitative estimate of drug-likeness (QED) is 0.854. The van der Waals surface area contributed by atoms with Gasteiger partial charge >= 0.3 is 0 Å². The Hall–Kier alpha value is -1.59. The number of rotatable bonds is 5. The third-order valence-corrected chi connectivity index (χ3v) is 3.49. The molecule has 0 spiro atoms. The van der Waals surface area contributed by atoms with Crippen LogP contribution < -0.4 is 10.1 Å². The van der Waals surface area contributed by atoms with Gasteiger partial charge in [-0.15, -0.1) is 0 Å². The second-order valence-electron chi connectivity index (χ2n) is 5.15. The van der Waals surface area contributed by atoms with Crippen LogP contribution >= 0.6 is 0 Å². The summed E-state index contributed by atoms with van der Waals surface area (Å²) >= 11 is 0. The van der Waals surface area contributed by atoms with E-state index in [0.29, 0.717) is 6.54 Å². The first kappa shape index (κ1) is 14.8. The number of nitrogens with one attached hydrogen (secondary N) is 1. The fourth-order valence-corrected chi connectivity index (χ4v) is 2.34. The molecule has 1 aromatic carbocycles. The highest BCUT2D eigenvalue weighted by Gasteiger charge is 2.17. The lowest BCUT2D eigenvalue weighted by molar-refractivity contribution is -0.132. The average Bonchev–Trinajstić information content (AvgIpc) is 2.49. The SMILES string of the molecule is COc1ccc(CN(C)CC(=O)N2CCNCC2)cc1. The van der Waals surface area contributed by atoms with Gasteiger partial charge in [-0.05, 0) is 24.7 Å². The number of carbonyl (C=O) groups excluding carboxylic acids is 1. The fourth-order valence-electron chi connectivity index (χ4n) is 2.34. The van der Waals surface area contributed by atoms with Crippen molar-refractivity contribution in [3.63, 3.8) is 0 Å². The minimum absolute atomic E-state index is 0.211. The molecule has 1 aliphatic rings. The van der Waals surface area contributed by atoms with Gasteiger partial charge in [-0.3, -0.25) is 9.69 Å². The molecular formula is C15H23N3O2. The van der Waals surface area contributed by atoms with Crippen LogP contribution in [0.1, 0.15) is 5.56 Å². The van der Waals surface area contributed by atoms with Gasteiger partial charge < -0.3 is 15.0 Å². The summed E-state index contributed by atoms with van der Waals surface area (Å²) in [4.78, 5) is 16.1. The number of amides is 1. The molecule has 0 saturated carbocycles. The molecule has 1 saturated heterocycles. The van der Waals surface area contributed by atoms with Crippen molar-refractivity contribution in [3.05, 3.63) is 29.8 Å². The molecule has 1 N–H and O–H groups in total. The number of methoxy groups -OCH3 is 1. The van der Waals surface area contributed by atoms with E-state index in [2.05, 4.69) is 5.32 Å². The van der Waals surface area contributed by atoms with E-state index in [0.717, 1.165) is 38.5 Å². The zero-order valence-electron chi connectivity index (χ0n) is 12.3. The van der Waals surface area contributed by atoms with Crippen LogP contribution in [-0.2, 0) is 11.3 Å². The van der Waals surface area contributed by atoms with Gasteiger partial charge in [0.25, 0.3) is 0 Å². The summed E-state index contributed by atoms with van der Waals surface area (Å²) in [6.45, 7) is 4.65. The number of piperazine rings is 1. The molecule has 0 unspecified atom stereocenters. The summed E-state index contributed by atoms with van der Waals surface area (Å²) in [7, 11) is 3.64. The molecule has 1 fully saturated rings. The molecule has 20 heavy (non-hydrogen) atoms. The van der Waals surface area contributed by atoms with Crippen LogP contribution in [0.3, 0.4) is 0 Å². The second kappa shape index (κ2) is 7.26. The van der Waals surface area contributed by atoms with Gasteiger partial charge in [-0.25, -0.2) is 0 Å². The summed E-state index contributed by atoms with van der Waals surface area (Å²) < 4.78 is 5.14. The minimum Gasteiger partial charge on any atom is -0.497 e. The van der Waals surface area contributed by atoms with E-state index in [4.69, 9.17) is 4.74 Å². The van der Waals surface area contributed by atoms with Gasteiger partial charge in [0.15, 0.2) is 0 Å². The first-order valence-corrected chi connectivity index (χ1v) is 6.99. The number of likely N-dealkylation sites (N-methyl/N-ethyl adjacent to an activating group) is 1. The summed E-state index contributed by atoms with van der Waals surface area (Å²) in [5, 5.41) is 3.25. The average molecular weight is 277 g/mol. The first-order valence-electron chi connectivity index (χ1n) is 6.99. The topological polar surface area (TPSA) is 44.8 Å². The number of carbonyl (C=O) groups is 1. The predicted octanol–water partition coefficient (Wildman–Crippen LogP) is 0.559. The Labute approximate surface area is 120 Å². The number of hydrogen-bond acceptors (Lipinski definition) is 4. The molecular weight excluding hydrogens is 254 g/mol. The molecule has 0 aromatic heterocycles. The van der Waals surface area contributed by atoms with Gasteiger partial charge in [-0.1, -0.05) is 12.1 Å². The van der Waals surface area contributed by atoms with Crippen LogP contribution in [0.4, 0.5) is 0 Å². The van der Waals surface area contributed by atoms with Crippen LogP contribution in [0, 0.1) is 0 Å². The summed E-state index contributed by atoms with van der Waals surface area (Å²) in [5.41, 5.74) is 1.18. The van der Waals surface area contributed by atoms with Crippen LogP contribution in [0.5, 0.6) is 5.75 Å². The Morgan fingerprint density at radius 2 is 1.95 bits per heavy atom. The highest BCUT2D eigenvalue weighted by molar-refractivity contribution is 5.78.